The van der Waals surface area contributed by atoms with E-state index in [0.29, 0.717) is 29.6 Å². The van der Waals surface area contributed by atoms with E-state index in [2.05, 4.69) is 30.2 Å². The summed E-state index contributed by atoms with van der Waals surface area (Å²) in [6.07, 6.45) is 3.82. The summed E-state index contributed by atoms with van der Waals surface area (Å²) >= 11 is 0. The lowest BCUT2D eigenvalue weighted by Crippen LogP contribution is -2.22. The zero-order chi connectivity index (χ0) is 23.2. The molecular weight excluding hydrogens is 479 g/mol. The molecule has 172 valence electrons. The average Bonchev–Trinajstić information content (AvgIpc) is 3.14. The number of phosphoric ester groups is 1. The lowest BCUT2D eigenvalue weighted by atomic mass is 9.86. The van der Waals surface area contributed by atoms with Crippen molar-refractivity contribution in [3.8, 4) is 0 Å². The van der Waals surface area contributed by atoms with Crippen molar-refractivity contribution < 1.29 is 46.4 Å². The van der Waals surface area contributed by atoms with Crippen molar-refractivity contribution in [3.63, 3.8) is 0 Å². The number of nitrogens with two attached hydrogens (primary N) is 1. The third-order valence-corrected chi connectivity index (χ3v) is 8.61. The summed E-state index contributed by atoms with van der Waals surface area (Å²) in [6.45, 7) is 5.30. The predicted molar refractivity (Wildman–Crippen MR) is 105 cm³/mol. The standard InChI is InChI=1S/C13H20N5O10P3/c1-8-9(18-7-17-10-11(14)15-6-16-12(10)18)3-4-13(8,2)5-26-30(22,23)28-31(24,25)27-29(19,20)21/h6-7,9H,1,3-5H2,2H3,(H,22,23)(H,24,25)(H2,14,15,16)(H2,19,20,21)/t9-,13-/m0/s1. The van der Waals surface area contributed by atoms with Gasteiger partial charge in [0.2, 0.25) is 0 Å². The summed E-state index contributed by atoms with van der Waals surface area (Å²) in [5.74, 6) is 0.211. The number of phosphoric acid groups is 3. The summed E-state index contributed by atoms with van der Waals surface area (Å²) in [5, 5.41) is 0. The van der Waals surface area contributed by atoms with E-state index >= 15 is 0 Å². The van der Waals surface area contributed by atoms with Crippen molar-refractivity contribution in [3.05, 3.63) is 24.8 Å². The Labute approximate surface area is 175 Å². The van der Waals surface area contributed by atoms with Crippen LogP contribution in [0.2, 0.25) is 0 Å². The van der Waals surface area contributed by atoms with Crippen molar-refractivity contribution in [2.24, 2.45) is 5.41 Å². The second-order valence-corrected chi connectivity index (χ2v) is 11.5. The maximum absolute atomic E-state index is 12.0. The van der Waals surface area contributed by atoms with Crippen molar-refractivity contribution in [1.82, 2.24) is 19.5 Å². The number of anilines is 1. The number of fused-ring (bicyclic) bond motifs is 1. The maximum atomic E-state index is 12.0. The fraction of sp³-hybridized carbons (Fsp3) is 0.462. The second-order valence-electron chi connectivity index (χ2n) is 7.09. The van der Waals surface area contributed by atoms with Crippen LogP contribution in [0.3, 0.4) is 0 Å². The van der Waals surface area contributed by atoms with E-state index in [9.17, 15) is 23.5 Å². The number of nitrogens with zero attached hydrogens (tertiary/aromatic N) is 4. The van der Waals surface area contributed by atoms with Gasteiger partial charge in [0.1, 0.15) is 11.8 Å². The minimum absolute atomic E-state index is 0.211. The highest BCUT2D eigenvalue weighted by Gasteiger charge is 2.45. The van der Waals surface area contributed by atoms with Crippen LogP contribution in [0.4, 0.5) is 5.82 Å². The van der Waals surface area contributed by atoms with E-state index in [0.717, 1.165) is 0 Å². The van der Waals surface area contributed by atoms with Gasteiger partial charge in [-0.2, -0.15) is 8.62 Å². The first kappa shape index (κ1) is 24.1. The first-order valence-corrected chi connectivity index (χ1v) is 13.1. The van der Waals surface area contributed by atoms with E-state index in [1.54, 1.807) is 11.5 Å². The van der Waals surface area contributed by atoms with Crippen LogP contribution in [-0.4, -0.2) is 45.7 Å². The predicted octanol–water partition coefficient (Wildman–Crippen LogP) is 1.65. The Morgan fingerprint density at radius 1 is 1.19 bits per heavy atom. The third kappa shape index (κ3) is 5.47. The average molecular weight is 499 g/mol. The van der Waals surface area contributed by atoms with Gasteiger partial charge < -0.3 is 29.9 Å². The van der Waals surface area contributed by atoms with Crippen molar-refractivity contribution in [1.29, 1.82) is 0 Å². The second kappa shape index (κ2) is 8.13. The minimum atomic E-state index is -5.58. The van der Waals surface area contributed by atoms with Gasteiger partial charge in [0, 0.05) is 5.41 Å². The number of rotatable bonds is 8. The van der Waals surface area contributed by atoms with Gasteiger partial charge >= 0.3 is 23.5 Å². The fourth-order valence-corrected chi connectivity index (χ4v) is 6.43. The van der Waals surface area contributed by atoms with Crippen LogP contribution in [0.5, 0.6) is 0 Å². The number of hydrogen-bond donors (Lipinski definition) is 5. The van der Waals surface area contributed by atoms with E-state index in [1.807, 2.05) is 0 Å². The summed E-state index contributed by atoms with van der Waals surface area (Å²) in [7, 11) is -16.3. The molecule has 0 radical (unpaired) electrons. The monoisotopic (exact) mass is 499 g/mol. The molecule has 18 heteroatoms. The van der Waals surface area contributed by atoms with Gasteiger partial charge in [-0.3, -0.25) is 4.52 Å². The largest absolute Gasteiger partial charge is 0.490 e. The van der Waals surface area contributed by atoms with Gasteiger partial charge in [-0.1, -0.05) is 13.5 Å². The topological polar surface area (TPSA) is 229 Å². The molecule has 2 heterocycles. The van der Waals surface area contributed by atoms with Crippen LogP contribution in [-0.2, 0) is 26.8 Å². The Kier molecular flexibility index (Phi) is 6.33. The molecule has 0 saturated heterocycles. The summed E-state index contributed by atoms with van der Waals surface area (Å²) in [4.78, 5) is 48.3. The van der Waals surface area contributed by atoms with Crippen molar-refractivity contribution in [2.45, 2.75) is 25.8 Å². The van der Waals surface area contributed by atoms with Gasteiger partial charge in [0.25, 0.3) is 0 Å². The van der Waals surface area contributed by atoms with Crippen LogP contribution in [0, 0.1) is 5.41 Å². The molecule has 0 spiro atoms. The molecular formula is C13H20N5O10P3. The molecule has 4 atom stereocenters. The van der Waals surface area contributed by atoms with Gasteiger partial charge in [-0.05, 0) is 18.4 Å². The molecule has 6 N–H and O–H groups in total. The van der Waals surface area contributed by atoms with Gasteiger partial charge in [0.15, 0.2) is 11.5 Å². The molecule has 31 heavy (non-hydrogen) atoms. The van der Waals surface area contributed by atoms with Crippen LogP contribution in [0.15, 0.2) is 24.8 Å². The Morgan fingerprint density at radius 2 is 1.87 bits per heavy atom. The van der Waals surface area contributed by atoms with Gasteiger partial charge in [-0.25, -0.2) is 28.6 Å². The third-order valence-electron chi connectivity index (χ3n) is 4.83. The lowest BCUT2D eigenvalue weighted by molar-refractivity contribution is 0.132. The molecule has 1 aliphatic rings. The number of nitrogen functional groups attached to an aromatic ring is 1. The minimum Gasteiger partial charge on any atom is -0.382 e. The maximum Gasteiger partial charge on any atom is 0.490 e. The van der Waals surface area contributed by atoms with Crippen LogP contribution >= 0.6 is 23.5 Å². The molecule has 2 aromatic rings. The molecule has 1 fully saturated rings. The van der Waals surface area contributed by atoms with Crippen molar-refractivity contribution in [2.75, 3.05) is 12.3 Å². The Morgan fingerprint density at radius 3 is 2.52 bits per heavy atom. The van der Waals surface area contributed by atoms with Crippen LogP contribution in [0.25, 0.3) is 11.2 Å². The number of aromatic nitrogens is 4. The van der Waals surface area contributed by atoms with Crippen LogP contribution < -0.4 is 5.73 Å². The highest BCUT2D eigenvalue weighted by Crippen LogP contribution is 2.66. The van der Waals surface area contributed by atoms with Crippen molar-refractivity contribution >= 4 is 40.4 Å². The summed E-state index contributed by atoms with van der Waals surface area (Å²) < 4.78 is 48.1. The molecule has 1 aliphatic carbocycles. The smallest absolute Gasteiger partial charge is 0.382 e. The first-order chi connectivity index (χ1) is 14.1. The zero-order valence-corrected chi connectivity index (χ0v) is 18.7. The van der Waals surface area contributed by atoms with Gasteiger partial charge in [0.05, 0.1) is 19.0 Å². The lowest BCUT2D eigenvalue weighted by Gasteiger charge is -2.28. The van der Waals surface area contributed by atoms with Crippen LogP contribution in [0.1, 0.15) is 25.8 Å². The van der Waals surface area contributed by atoms with E-state index in [1.165, 1.54) is 12.7 Å². The number of hydrogen-bond acceptors (Lipinski definition) is 10. The molecule has 15 nitrogen and oxygen atoms in total. The molecule has 0 bridgehead atoms. The molecule has 2 unspecified atom stereocenters. The Bertz CT molecular complexity index is 1160. The SMILES string of the molecule is C=C1[C@@H](n2cnc3c(N)ncnc32)CC[C@@]1(C)COP(=O)(O)OP(=O)(O)OP(=O)(O)O. The molecule has 0 aliphatic heterocycles. The van der Waals surface area contributed by atoms with E-state index in [-0.39, 0.29) is 11.9 Å². The normalized spacial score (nSPS) is 26.1. The summed E-state index contributed by atoms with van der Waals surface area (Å²) in [5.41, 5.74) is 6.44. The van der Waals surface area contributed by atoms with E-state index < -0.39 is 35.5 Å². The molecule has 1 saturated carbocycles. The molecule has 2 aromatic heterocycles. The fourth-order valence-electron chi connectivity index (χ4n) is 3.29. The highest BCUT2D eigenvalue weighted by atomic mass is 31.3. The molecule has 3 rings (SSSR count). The van der Waals surface area contributed by atoms with Gasteiger partial charge in [-0.15, -0.1) is 0 Å². The quantitative estimate of drug-likeness (QED) is 0.257. The molecule has 0 amide bonds. The Hall–Kier alpha value is -1.50. The molecule has 0 aromatic carbocycles. The summed E-state index contributed by atoms with van der Waals surface area (Å²) in [6, 6.07) is -0.297. The Balaban J connectivity index is 1.72. The first-order valence-electron chi connectivity index (χ1n) is 8.53. The highest BCUT2D eigenvalue weighted by molar-refractivity contribution is 7.66. The zero-order valence-electron chi connectivity index (χ0n) is 16.0. The number of imidazole rings is 1. The van der Waals surface area contributed by atoms with E-state index in [4.69, 9.17) is 20.0 Å².